The first-order valence-corrected chi connectivity index (χ1v) is 5.42. The third-order valence-corrected chi connectivity index (χ3v) is 2.41. The molecule has 0 aliphatic heterocycles. The van der Waals surface area contributed by atoms with Gasteiger partial charge in [-0.15, -0.1) is 0 Å². The molecule has 4 heteroatoms. The van der Waals surface area contributed by atoms with E-state index in [0.717, 1.165) is 5.69 Å². The summed E-state index contributed by atoms with van der Waals surface area (Å²) in [5.74, 6) is 0.208. The maximum atomic E-state index is 9.57. The van der Waals surface area contributed by atoms with Gasteiger partial charge in [-0.05, 0) is 19.1 Å². The van der Waals surface area contributed by atoms with Crippen molar-refractivity contribution >= 4 is 0 Å². The van der Waals surface area contributed by atoms with Gasteiger partial charge in [-0.3, -0.25) is 4.98 Å². The van der Waals surface area contributed by atoms with Crippen LogP contribution >= 0.6 is 0 Å². The van der Waals surface area contributed by atoms with Crippen molar-refractivity contribution < 1.29 is 10.2 Å². The van der Waals surface area contributed by atoms with Crippen molar-refractivity contribution in [1.29, 1.82) is 0 Å². The third-order valence-electron chi connectivity index (χ3n) is 2.41. The van der Waals surface area contributed by atoms with Crippen molar-refractivity contribution in [1.82, 2.24) is 10.3 Å². The van der Waals surface area contributed by atoms with Crippen LogP contribution in [0.4, 0.5) is 0 Å². The summed E-state index contributed by atoms with van der Waals surface area (Å²) < 4.78 is 0. The third kappa shape index (κ3) is 3.79. The van der Waals surface area contributed by atoms with Gasteiger partial charge in [0.05, 0.1) is 5.69 Å². The number of aromatic nitrogens is 1. The molecule has 0 aliphatic carbocycles. The molecule has 0 aliphatic rings. The van der Waals surface area contributed by atoms with Gasteiger partial charge in [0.15, 0.2) is 0 Å². The van der Waals surface area contributed by atoms with Crippen LogP contribution in [0, 0.1) is 12.3 Å². The molecular formula is C12H20N2O2. The van der Waals surface area contributed by atoms with E-state index in [4.69, 9.17) is 5.11 Å². The van der Waals surface area contributed by atoms with Crippen LogP contribution in [0.3, 0.4) is 0 Å². The minimum absolute atomic E-state index is 0.132. The zero-order valence-electron chi connectivity index (χ0n) is 10.1. The predicted molar refractivity (Wildman–Crippen MR) is 63.2 cm³/mol. The topological polar surface area (TPSA) is 65.4 Å². The average Bonchev–Trinajstić information content (AvgIpc) is 2.23. The number of aryl methyl sites for hydroxylation is 1. The molecule has 90 valence electrons. The van der Waals surface area contributed by atoms with Crippen LogP contribution in [0.1, 0.15) is 25.2 Å². The number of hydrogen-bond donors (Lipinski definition) is 3. The van der Waals surface area contributed by atoms with Gasteiger partial charge in [0.1, 0.15) is 5.75 Å². The molecule has 0 atom stereocenters. The molecule has 3 N–H and O–H groups in total. The average molecular weight is 224 g/mol. The number of rotatable bonds is 5. The number of aromatic hydroxyl groups is 1. The van der Waals surface area contributed by atoms with E-state index in [0.29, 0.717) is 18.8 Å². The smallest absolute Gasteiger partial charge is 0.138 e. The number of nitrogens with one attached hydrogen (secondary N) is 1. The van der Waals surface area contributed by atoms with E-state index in [9.17, 15) is 5.11 Å². The molecule has 0 saturated heterocycles. The fourth-order valence-corrected chi connectivity index (χ4v) is 1.31. The highest BCUT2D eigenvalue weighted by Crippen LogP contribution is 2.15. The molecule has 0 unspecified atom stereocenters. The molecule has 0 spiro atoms. The second-order valence-corrected chi connectivity index (χ2v) is 4.84. The maximum Gasteiger partial charge on any atom is 0.138 e. The van der Waals surface area contributed by atoms with E-state index in [1.54, 1.807) is 12.1 Å². The number of aliphatic hydroxyl groups is 1. The van der Waals surface area contributed by atoms with E-state index in [1.165, 1.54) is 0 Å². The first-order chi connectivity index (χ1) is 7.44. The Kier molecular flexibility index (Phi) is 4.26. The van der Waals surface area contributed by atoms with Gasteiger partial charge in [0, 0.05) is 30.8 Å². The molecule has 0 saturated carbocycles. The monoisotopic (exact) mass is 224 g/mol. The summed E-state index contributed by atoms with van der Waals surface area (Å²) >= 11 is 0. The Morgan fingerprint density at radius 3 is 2.69 bits per heavy atom. The van der Waals surface area contributed by atoms with Crippen LogP contribution in [0.2, 0.25) is 0 Å². The van der Waals surface area contributed by atoms with Crippen molar-refractivity contribution in [2.24, 2.45) is 5.41 Å². The molecule has 0 radical (unpaired) electrons. The fourth-order valence-electron chi connectivity index (χ4n) is 1.31. The van der Waals surface area contributed by atoms with Gasteiger partial charge in [-0.2, -0.15) is 0 Å². The number of pyridine rings is 1. The molecule has 1 aromatic rings. The summed E-state index contributed by atoms with van der Waals surface area (Å²) in [6.45, 7) is 7.16. The second kappa shape index (κ2) is 5.27. The Morgan fingerprint density at radius 1 is 1.38 bits per heavy atom. The number of nitrogens with zero attached hydrogens (tertiary/aromatic N) is 1. The molecule has 0 aromatic carbocycles. The van der Waals surface area contributed by atoms with E-state index in [-0.39, 0.29) is 17.8 Å². The van der Waals surface area contributed by atoms with Crippen molar-refractivity contribution in [2.45, 2.75) is 27.3 Å². The Balaban J connectivity index is 2.52. The Morgan fingerprint density at radius 2 is 2.06 bits per heavy atom. The first-order valence-electron chi connectivity index (χ1n) is 5.42. The summed E-state index contributed by atoms with van der Waals surface area (Å²) in [7, 11) is 0. The van der Waals surface area contributed by atoms with Gasteiger partial charge in [-0.25, -0.2) is 0 Å². The summed E-state index contributed by atoms with van der Waals surface area (Å²) in [4.78, 5) is 4.24. The SMILES string of the molecule is Cc1ccc(O)c(CNCC(C)(C)CO)n1. The lowest BCUT2D eigenvalue weighted by Crippen LogP contribution is -2.32. The normalized spacial score (nSPS) is 11.8. The van der Waals surface area contributed by atoms with Crippen LogP contribution in [0.25, 0.3) is 0 Å². The fraction of sp³-hybridized carbons (Fsp3) is 0.583. The van der Waals surface area contributed by atoms with Gasteiger partial charge in [0.2, 0.25) is 0 Å². The molecule has 16 heavy (non-hydrogen) atoms. The molecule has 1 heterocycles. The van der Waals surface area contributed by atoms with Gasteiger partial charge >= 0.3 is 0 Å². The molecule has 0 amide bonds. The summed E-state index contributed by atoms with van der Waals surface area (Å²) in [5, 5.41) is 21.8. The van der Waals surface area contributed by atoms with Crippen LogP contribution in [0.5, 0.6) is 5.75 Å². The Hall–Kier alpha value is -1.13. The molecular weight excluding hydrogens is 204 g/mol. The Bertz CT molecular complexity index is 351. The Labute approximate surface area is 96.3 Å². The molecule has 0 bridgehead atoms. The lowest BCUT2D eigenvalue weighted by molar-refractivity contribution is 0.156. The first kappa shape index (κ1) is 12.9. The van der Waals surface area contributed by atoms with Crippen molar-refractivity contribution in [2.75, 3.05) is 13.2 Å². The highest BCUT2D eigenvalue weighted by atomic mass is 16.3. The molecule has 1 rings (SSSR count). The predicted octanol–water partition coefficient (Wildman–Crippen LogP) is 1.20. The van der Waals surface area contributed by atoms with Gasteiger partial charge in [0.25, 0.3) is 0 Å². The highest BCUT2D eigenvalue weighted by molar-refractivity contribution is 5.27. The van der Waals surface area contributed by atoms with E-state index in [2.05, 4.69) is 10.3 Å². The van der Waals surface area contributed by atoms with Crippen LogP contribution in [-0.4, -0.2) is 28.3 Å². The minimum atomic E-state index is -0.153. The molecule has 4 nitrogen and oxygen atoms in total. The zero-order chi connectivity index (χ0) is 12.2. The maximum absolute atomic E-state index is 9.57. The lowest BCUT2D eigenvalue weighted by atomic mass is 9.95. The van der Waals surface area contributed by atoms with Crippen LogP contribution in [0.15, 0.2) is 12.1 Å². The number of hydrogen-bond acceptors (Lipinski definition) is 4. The van der Waals surface area contributed by atoms with E-state index < -0.39 is 0 Å². The van der Waals surface area contributed by atoms with Crippen LogP contribution in [-0.2, 0) is 6.54 Å². The highest BCUT2D eigenvalue weighted by Gasteiger charge is 2.15. The second-order valence-electron chi connectivity index (χ2n) is 4.84. The van der Waals surface area contributed by atoms with Gasteiger partial charge < -0.3 is 15.5 Å². The summed E-state index contributed by atoms with van der Waals surface area (Å²) in [5.41, 5.74) is 1.38. The van der Waals surface area contributed by atoms with E-state index >= 15 is 0 Å². The molecule has 0 fully saturated rings. The van der Waals surface area contributed by atoms with Crippen LogP contribution < -0.4 is 5.32 Å². The van der Waals surface area contributed by atoms with E-state index in [1.807, 2.05) is 20.8 Å². The zero-order valence-corrected chi connectivity index (χ0v) is 10.1. The largest absolute Gasteiger partial charge is 0.506 e. The quantitative estimate of drug-likeness (QED) is 0.703. The minimum Gasteiger partial charge on any atom is -0.506 e. The summed E-state index contributed by atoms with van der Waals surface area (Å²) in [6, 6.07) is 3.42. The lowest BCUT2D eigenvalue weighted by Gasteiger charge is -2.21. The summed E-state index contributed by atoms with van der Waals surface area (Å²) in [6.07, 6.45) is 0. The van der Waals surface area contributed by atoms with Gasteiger partial charge in [-0.1, -0.05) is 13.8 Å². The standard InChI is InChI=1S/C12H20N2O2/c1-9-4-5-11(16)10(14-9)6-13-7-12(2,3)8-15/h4-5,13,15-16H,6-8H2,1-3H3. The van der Waals surface area contributed by atoms with Crippen molar-refractivity contribution in [3.63, 3.8) is 0 Å². The number of aliphatic hydroxyl groups excluding tert-OH is 1. The molecule has 1 aromatic heterocycles. The van der Waals surface area contributed by atoms with Crippen molar-refractivity contribution in [3.8, 4) is 5.75 Å². The van der Waals surface area contributed by atoms with Crippen molar-refractivity contribution in [3.05, 3.63) is 23.5 Å².